The molecule has 0 heterocycles. The number of rotatable bonds is 7. The van der Waals surface area contributed by atoms with Crippen molar-refractivity contribution in [2.24, 2.45) is 5.10 Å². The molecule has 0 radical (unpaired) electrons. The van der Waals surface area contributed by atoms with Crippen molar-refractivity contribution in [1.82, 2.24) is 5.43 Å². The highest BCUT2D eigenvalue weighted by Gasteiger charge is 2.04. The Labute approximate surface area is 154 Å². The van der Waals surface area contributed by atoms with Gasteiger partial charge in [0.2, 0.25) is 0 Å². The van der Waals surface area contributed by atoms with Crippen molar-refractivity contribution in [3.05, 3.63) is 69.8 Å². The van der Waals surface area contributed by atoms with Crippen molar-refractivity contribution < 1.29 is 14.6 Å². The van der Waals surface area contributed by atoms with Crippen LogP contribution in [0, 0.1) is 3.57 Å². The summed E-state index contributed by atoms with van der Waals surface area (Å²) < 4.78 is 6.44. The number of carbonyl (C=O) groups excluding carboxylic acids is 1. The molecular weight excluding hydrogens is 419 g/mol. The minimum absolute atomic E-state index is 0.130. The fourth-order valence-corrected chi connectivity index (χ4v) is 2.28. The maximum absolute atomic E-state index is 11.7. The van der Waals surface area contributed by atoms with E-state index in [9.17, 15) is 9.90 Å². The number of hydrogen-bond donors (Lipinski definition) is 2. The molecule has 6 heteroatoms. The third kappa shape index (κ3) is 5.38. The van der Waals surface area contributed by atoms with Crippen LogP contribution in [0.5, 0.6) is 11.5 Å². The highest BCUT2D eigenvalue weighted by molar-refractivity contribution is 14.1. The molecule has 0 aliphatic carbocycles. The summed E-state index contributed by atoms with van der Waals surface area (Å²) in [5, 5.41) is 13.9. The topological polar surface area (TPSA) is 70.9 Å². The molecule has 2 N–H and O–H groups in total. The van der Waals surface area contributed by atoms with Gasteiger partial charge in [0.05, 0.1) is 6.21 Å². The number of nitrogens with zero attached hydrogens (tertiary/aromatic N) is 1. The molecule has 0 spiro atoms. The maximum Gasteiger partial charge on any atom is 0.277 e. The van der Waals surface area contributed by atoms with E-state index < -0.39 is 0 Å². The molecule has 0 aromatic heterocycles. The van der Waals surface area contributed by atoms with E-state index in [2.05, 4.69) is 39.7 Å². The predicted molar refractivity (Wildman–Crippen MR) is 102 cm³/mol. The second-order valence-electron chi connectivity index (χ2n) is 4.88. The van der Waals surface area contributed by atoms with Crippen LogP contribution < -0.4 is 10.2 Å². The minimum Gasteiger partial charge on any atom is -0.507 e. The first-order valence-corrected chi connectivity index (χ1v) is 8.30. The van der Waals surface area contributed by atoms with Crippen LogP contribution in [0.4, 0.5) is 0 Å². The number of phenols is 1. The van der Waals surface area contributed by atoms with Gasteiger partial charge in [0, 0.05) is 9.13 Å². The van der Waals surface area contributed by atoms with Crippen LogP contribution in [0.2, 0.25) is 0 Å². The van der Waals surface area contributed by atoms with E-state index in [4.69, 9.17) is 4.74 Å². The number of para-hydroxylation sites is 1. The number of aromatic hydroxyl groups is 1. The molecule has 0 bridgehead atoms. The average Bonchev–Trinajstić information content (AvgIpc) is 2.58. The van der Waals surface area contributed by atoms with Gasteiger partial charge in [0.15, 0.2) is 6.61 Å². The molecule has 0 aliphatic heterocycles. The van der Waals surface area contributed by atoms with Crippen molar-refractivity contribution in [3.63, 3.8) is 0 Å². The molecule has 0 aliphatic rings. The Morgan fingerprint density at radius 1 is 1.29 bits per heavy atom. The highest BCUT2D eigenvalue weighted by atomic mass is 127. The monoisotopic (exact) mass is 436 g/mol. The zero-order valence-electron chi connectivity index (χ0n) is 12.9. The van der Waals surface area contributed by atoms with E-state index >= 15 is 0 Å². The smallest absolute Gasteiger partial charge is 0.277 e. The molecule has 124 valence electrons. The summed E-state index contributed by atoms with van der Waals surface area (Å²) in [5.74, 6) is 0.362. The minimum atomic E-state index is -0.383. The zero-order valence-corrected chi connectivity index (χ0v) is 15.1. The lowest BCUT2D eigenvalue weighted by Gasteiger charge is -2.06. The standard InChI is InChI=1S/C18H17IN2O3/c1-2-4-13-5-3-6-14(18(13)23)11-20-21-17(22)12-24-16-9-7-15(19)8-10-16/h2-3,5-11,23H,1,4,12H2,(H,21,22)/b20-11-. The van der Waals surface area contributed by atoms with Gasteiger partial charge in [-0.05, 0) is 64.9 Å². The molecule has 5 nitrogen and oxygen atoms in total. The van der Waals surface area contributed by atoms with Gasteiger partial charge < -0.3 is 9.84 Å². The van der Waals surface area contributed by atoms with Crippen molar-refractivity contribution in [1.29, 1.82) is 0 Å². The molecule has 0 saturated heterocycles. The summed E-state index contributed by atoms with van der Waals surface area (Å²) >= 11 is 2.19. The van der Waals surface area contributed by atoms with Crippen LogP contribution >= 0.6 is 22.6 Å². The first kappa shape index (κ1) is 18.0. The van der Waals surface area contributed by atoms with Crippen LogP contribution in [0.15, 0.2) is 60.2 Å². The predicted octanol–water partition coefficient (Wildman–Crippen LogP) is 3.25. The fraction of sp³-hybridized carbons (Fsp3) is 0.111. The van der Waals surface area contributed by atoms with Gasteiger partial charge in [-0.15, -0.1) is 6.58 Å². The number of nitrogens with one attached hydrogen (secondary N) is 1. The SMILES string of the molecule is C=CCc1cccc(/C=N\NC(=O)COc2ccc(I)cc2)c1O. The lowest BCUT2D eigenvalue weighted by Crippen LogP contribution is -2.24. The normalized spacial score (nSPS) is 10.5. The Kier molecular flexibility index (Phi) is 6.80. The maximum atomic E-state index is 11.7. The molecule has 2 aromatic rings. The number of benzene rings is 2. The van der Waals surface area contributed by atoms with Crippen LogP contribution in [0.3, 0.4) is 0 Å². The number of hydrazone groups is 1. The fourth-order valence-electron chi connectivity index (χ4n) is 1.92. The van der Waals surface area contributed by atoms with E-state index in [0.29, 0.717) is 17.7 Å². The second kappa shape index (κ2) is 9.07. The summed E-state index contributed by atoms with van der Waals surface area (Å²) in [5.41, 5.74) is 3.64. The highest BCUT2D eigenvalue weighted by Crippen LogP contribution is 2.21. The van der Waals surface area contributed by atoms with E-state index in [0.717, 1.165) is 9.13 Å². The summed E-state index contributed by atoms with van der Waals surface area (Å²) in [6, 6.07) is 12.7. The Morgan fingerprint density at radius 2 is 2.04 bits per heavy atom. The van der Waals surface area contributed by atoms with E-state index in [1.807, 2.05) is 24.3 Å². The molecule has 1 amide bonds. The van der Waals surface area contributed by atoms with Crippen molar-refractivity contribution >= 4 is 34.7 Å². The number of amides is 1. The molecular formula is C18H17IN2O3. The summed E-state index contributed by atoms with van der Waals surface area (Å²) in [6.45, 7) is 3.51. The average molecular weight is 436 g/mol. The van der Waals surface area contributed by atoms with Crippen LogP contribution in [-0.2, 0) is 11.2 Å². The number of carbonyl (C=O) groups is 1. The summed E-state index contributed by atoms with van der Waals surface area (Å²) in [4.78, 5) is 11.7. The van der Waals surface area contributed by atoms with Gasteiger partial charge in [0.1, 0.15) is 11.5 Å². The Balaban J connectivity index is 1.87. The largest absolute Gasteiger partial charge is 0.507 e. The van der Waals surface area contributed by atoms with Crippen molar-refractivity contribution in [3.8, 4) is 11.5 Å². The first-order chi connectivity index (χ1) is 11.6. The van der Waals surface area contributed by atoms with E-state index in [-0.39, 0.29) is 18.3 Å². The number of halogens is 1. The number of allylic oxidation sites excluding steroid dienone is 1. The Morgan fingerprint density at radius 3 is 2.75 bits per heavy atom. The van der Waals surface area contributed by atoms with Crippen molar-refractivity contribution in [2.75, 3.05) is 6.61 Å². The molecule has 0 atom stereocenters. The Hall–Kier alpha value is -2.35. The third-order valence-corrected chi connectivity index (χ3v) is 3.81. The third-order valence-electron chi connectivity index (χ3n) is 3.09. The van der Waals surface area contributed by atoms with Gasteiger partial charge >= 0.3 is 0 Å². The second-order valence-corrected chi connectivity index (χ2v) is 6.13. The molecule has 2 aromatic carbocycles. The van der Waals surface area contributed by atoms with Gasteiger partial charge in [-0.25, -0.2) is 5.43 Å². The number of ether oxygens (including phenoxy) is 1. The molecule has 0 saturated carbocycles. The zero-order chi connectivity index (χ0) is 17.4. The quantitative estimate of drug-likeness (QED) is 0.303. The number of hydrogen-bond acceptors (Lipinski definition) is 4. The Bertz CT molecular complexity index is 742. The van der Waals surface area contributed by atoms with Crippen LogP contribution in [0.1, 0.15) is 11.1 Å². The lowest BCUT2D eigenvalue weighted by atomic mass is 10.1. The van der Waals surface area contributed by atoms with E-state index in [1.54, 1.807) is 24.3 Å². The van der Waals surface area contributed by atoms with Crippen LogP contribution in [0.25, 0.3) is 0 Å². The molecule has 0 fully saturated rings. The van der Waals surface area contributed by atoms with Gasteiger partial charge in [-0.2, -0.15) is 5.10 Å². The molecule has 2 rings (SSSR count). The lowest BCUT2D eigenvalue weighted by molar-refractivity contribution is -0.123. The molecule has 24 heavy (non-hydrogen) atoms. The summed E-state index contributed by atoms with van der Waals surface area (Å²) in [6.07, 6.45) is 3.66. The van der Waals surface area contributed by atoms with Gasteiger partial charge in [-0.3, -0.25) is 4.79 Å². The molecule has 0 unspecified atom stereocenters. The summed E-state index contributed by atoms with van der Waals surface area (Å²) in [7, 11) is 0. The van der Waals surface area contributed by atoms with Gasteiger partial charge in [-0.1, -0.05) is 18.2 Å². The van der Waals surface area contributed by atoms with E-state index in [1.165, 1.54) is 6.21 Å². The van der Waals surface area contributed by atoms with Crippen molar-refractivity contribution in [2.45, 2.75) is 6.42 Å². The number of phenolic OH excluding ortho intramolecular Hbond substituents is 1. The van der Waals surface area contributed by atoms with Gasteiger partial charge in [0.25, 0.3) is 5.91 Å². The van der Waals surface area contributed by atoms with Crippen LogP contribution in [-0.4, -0.2) is 23.8 Å². The first-order valence-electron chi connectivity index (χ1n) is 7.22.